The zero-order valence-electron chi connectivity index (χ0n) is 18.5. The maximum absolute atomic E-state index is 13.4. The minimum absolute atomic E-state index is 0.0874. The lowest BCUT2D eigenvalue weighted by Gasteiger charge is -2.38. The van der Waals surface area contributed by atoms with Gasteiger partial charge in [0.2, 0.25) is 5.82 Å². The summed E-state index contributed by atoms with van der Waals surface area (Å²) in [5.74, 6) is -1.20. The van der Waals surface area contributed by atoms with E-state index in [-0.39, 0.29) is 29.8 Å². The van der Waals surface area contributed by atoms with E-state index < -0.39 is 18.1 Å². The van der Waals surface area contributed by atoms with Crippen molar-refractivity contribution < 1.29 is 23.1 Å². The lowest BCUT2D eigenvalue weighted by atomic mass is 10.1. The number of anilines is 1. The maximum atomic E-state index is 13.4. The zero-order valence-corrected chi connectivity index (χ0v) is 19.2. The average Bonchev–Trinajstić information content (AvgIpc) is 3.24. The highest BCUT2D eigenvalue weighted by molar-refractivity contribution is 6.30. The molecule has 5 rings (SSSR count). The molecule has 8 nitrogen and oxygen atoms in total. The number of amides is 1. The van der Waals surface area contributed by atoms with E-state index in [2.05, 4.69) is 19.9 Å². The number of aliphatic hydroxyl groups excluding tert-OH is 1. The minimum Gasteiger partial charge on any atom is -0.390 e. The quantitative estimate of drug-likeness (QED) is 0.584. The fraction of sp³-hybridized carbons (Fsp3) is 0.391. The lowest BCUT2D eigenvalue weighted by molar-refractivity contribution is -0.144. The summed E-state index contributed by atoms with van der Waals surface area (Å²) in [5.41, 5.74) is 0.651. The van der Waals surface area contributed by atoms with Gasteiger partial charge in [-0.3, -0.25) is 14.7 Å². The van der Waals surface area contributed by atoms with Crippen molar-refractivity contribution in [2.24, 2.45) is 0 Å². The van der Waals surface area contributed by atoms with E-state index in [1.165, 1.54) is 12.4 Å². The molecule has 0 aliphatic carbocycles. The van der Waals surface area contributed by atoms with Crippen molar-refractivity contribution in [1.82, 2.24) is 24.8 Å². The van der Waals surface area contributed by atoms with Gasteiger partial charge in [0.25, 0.3) is 5.91 Å². The van der Waals surface area contributed by atoms with Crippen molar-refractivity contribution in [2.45, 2.75) is 18.3 Å². The van der Waals surface area contributed by atoms with Crippen molar-refractivity contribution in [2.75, 3.05) is 44.2 Å². The Kier molecular flexibility index (Phi) is 6.24. The first-order valence-electron chi connectivity index (χ1n) is 11.1. The van der Waals surface area contributed by atoms with Gasteiger partial charge >= 0.3 is 6.18 Å². The Balaban J connectivity index is 1.30. The van der Waals surface area contributed by atoms with Crippen LogP contribution in [0, 0.1) is 0 Å². The molecule has 1 N–H and O–H groups in total. The SMILES string of the molecule is O=C(c1ccc(Cl)cc1)N1CCN([C@@H]2CN(c3nc(C(F)(F)F)nc4cnccc34)C[C@H]2O)CC1. The van der Waals surface area contributed by atoms with Gasteiger partial charge in [-0.05, 0) is 30.3 Å². The van der Waals surface area contributed by atoms with Gasteiger partial charge in [-0.1, -0.05) is 11.6 Å². The molecule has 12 heteroatoms. The molecule has 2 aromatic heterocycles. The second kappa shape index (κ2) is 9.21. The Morgan fingerprint density at radius 2 is 1.74 bits per heavy atom. The number of piperazine rings is 1. The Hall–Kier alpha value is -3.02. The van der Waals surface area contributed by atoms with Crippen molar-refractivity contribution in [3.8, 4) is 0 Å². The number of aromatic nitrogens is 3. The number of fused-ring (bicyclic) bond motifs is 1. The number of halogens is 4. The van der Waals surface area contributed by atoms with Crippen LogP contribution in [-0.2, 0) is 6.18 Å². The normalized spacial score (nSPS) is 21.6. The fourth-order valence-electron chi connectivity index (χ4n) is 4.66. The summed E-state index contributed by atoms with van der Waals surface area (Å²) in [6.07, 6.45) is -2.74. The number of benzene rings is 1. The van der Waals surface area contributed by atoms with Gasteiger partial charge in [-0.2, -0.15) is 13.2 Å². The molecule has 2 saturated heterocycles. The molecule has 0 radical (unpaired) electrons. The van der Waals surface area contributed by atoms with E-state index in [0.717, 1.165) is 0 Å². The number of hydrogen-bond acceptors (Lipinski definition) is 7. The third-order valence-electron chi connectivity index (χ3n) is 6.45. The molecule has 184 valence electrons. The molecule has 0 saturated carbocycles. The minimum atomic E-state index is -4.70. The Bertz CT molecular complexity index is 1230. The Morgan fingerprint density at radius 1 is 1.03 bits per heavy atom. The lowest BCUT2D eigenvalue weighted by Crippen LogP contribution is -2.54. The highest BCUT2D eigenvalue weighted by atomic mass is 35.5. The highest BCUT2D eigenvalue weighted by Crippen LogP contribution is 2.33. The number of pyridine rings is 1. The molecule has 2 aliphatic heterocycles. The molecular weight excluding hydrogens is 485 g/mol. The van der Waals surface area contributed by atoms with Gasteiger partial charge in [0.05, 0.1) is 23.9 Å². The average molecular weight is 507 g/mol. The summed E-state index contributed by atoms with van der Waals surface area (Å²) in [5, 5.41) is 11.8. The largest absolute Gasteiger partial charge is 0.451 e. The predicted octanol–water partition coefficient (Wildman–Crippen LogP) is 2.70. The highest BCUT2D eigenvalue weighted by Gasteiger charge is 2.40. The van der Waals surface area contributed by atoms with E-state index in [4.69, 9.17) is 11.6 Å². The summed E-state index contributed by atoms with van der Waals surface area (Å²) < 4.78 is 40.2. The second-order valence-electron chi connectivity index (χ2n) is 8.64. The number of carbonyl (C=O) groups excluding carboxylic acids is 1. The van der Waals surface area contributed by atoms with Crippen LogP contribution in [0.3, 0.4) is 0 Å². The fourth-order valence-corrected chi connectivity index (χ4v) is 4.79. The van der Waals surface area contributed by atoms with E-state index in [1.807, 2.05) is 0 Å². The van der Waals surface area contributed by atoms with Crippen LogP contribution in [0.15, 0.2) is 42.7 Å². The Labute approximate surface area is 204 Å². The van der Waals surface area contributed by atoms with Crippen molar-refractivity contribution in [3.63, 3.8) is 0 Å². The monoisotopic (exact) mass is 506 g/mol. The van der Waals surface area contributed by atoms with Gasteiger partial charge in [0, 0.05) is 61.4 Å². The van der Waals surface area contributed by atoms with Crippen LogP contribution in [0.1, 0.15) is 16.2 Å². The van der Waals surface area contributed by atoms with Gasteiger partial charge in [0.1, 0.15) is 5.82 Å². The molecular formula is C23H22ClF3N6O2. The van der Waals surface area contributed by atoms with Crippen molar-refractivity contribution in [3.05, 3.63) is 59.1 Å². The van der Waals surface area contributed by atoms with E-state index in [1.54, 1.807) is 40.1 Å². The summed E-state index contributed by atoms with van der Waals surface area (Å²) in [4.78, 5) is 29.6. The number of nitrogens with zero attached hydrogens (tertiary/aromatic N) is 6. The molecule has 2 aliphatic rings. The molecule has 1 amide bonds. The van der Waals surface area contributed by atoms with Gasteiger partial charge < -0.3 is 14.9 Å². The summed E-state index contributed by atoms with van der Waals surface area (Å²) >= 11 is 5.90. The van der Waals surface area contributed by atoms with Gasteiger partial charge in [-0.15, -0.1) is 0 Å². The maximum Gasteiger partial charge on any atom is 0.451 e. The molecule has 0 unspecified atom stereocenters. The van der Waals surface area contributed by atoms with Crippen LogP contribution in [0.5, 0.6) is 0 Å². The molecule has 2 fully saturated rings. The third kappa shape index (κ3) is 4.75. The van der Waals surface area contributed by atoms with E-state index in [9.17, 15) is 23.1 Å². The van der Waals surface area contributed by atoms with Crippen LogP contribution in [-0.4, -0.2) is 87.2 Å². The van der Waals surface area contributed by atoms with Crippen LogP contribution in [0.2, 0.25) is 5.02 Å². The first-order valence-corrected chi connectivity index (χ1v) is 11.5. The van der Waals surface area contributed by atoms with Crippen molar-refractivity contribution in [1.29, 1.82) is 0 Å². The predicted molar refractivity (Wildman–Crippen MR) is 123 cm³/mol. The molecule has 0 spiro atoms. The summed E-state index contributed by atoms with van der Waals surface area (Å²) in [6, 6.07) is 7.99. The number of β-amino-alcohol motifs (C(OH)–C–C–N with tert-alkyl or cyclic N) is 1. The van der Waals surface area contributed by atoms with Crippen LogP contribution < -0.4 is 4.90 Å². The first kappa shape index (κ1) is 23.7. The standard InChI is InChI=1S/C23H22ClF3N6O2/c24-15-3-1-14(2-4-15)21(35)32-9-7-31(8-10-32)18-12-33(13-19(18)34)20-16-5-6-28-11-17(16)29-22(30-20)23(25,26)27/h1-6,11,18-19,34H,7-10,12-13H2/t18-,19-/m1/s1. The molecule has 2 atom stereocenters. The summed E-state index contributed by atoms with van der Waals surface area (Å²) in [6.45, 7) is 2.47. The number of rotatable bonds is 3. The molecule has 0 bridgehead atoms. The second-order valence-corrected chi connectivity index (χ2v) is 9.07. The van der Waals surface area contributed by atoms with E-state index >= 15 is 0 Å². The zero-order chi connectivity index (χ0) is 24.7. The smallest absolute Gasteiger partial charge is 0.390 e. The molecule has 4 heterocycles. The van der Waals surface area contributed by atoms with Crippen LogP contribution >= 0.6 is 11.6 Å². The number of carbonyl (C=O) groups is 1. The molecule has 35 heavy (non-hydrogen) atoms. The van der Waals surface area contributed by atoms with Gasteiger partial charge in [-0.25, -0.2) is 9.97 Å². The third-order valence-corrected chi connectivity index (χ3v) is 6.70. The van der Waals surface area contributed by atoms with Gasteiger partial charge in [0.15, 0.2) is 0 Å². The summed E-state index contributed by atoms with van der Waals surface area (Å²) in [7, 11) is 0. The topological polar surface area (TPSA) is 85.7 Å². The number of aliphatic hydroxyl groups is 1. The number of alkyl halides is 3. The Morgan fingerprint density at radius 3 is 2.43 bits per heavy atom. The van der Waals surface area contributed by atoms with E-state index in [0.29, 0.717) is 48.7 Å². The van der Waals surface area contributed by atoms with Crippen LogP contribution in [0.4, 0.5) is 19.0 Å². The molecule has 3 aromatic rings. The molecule has 1 aromatic carbocycles. The van der Waals surface area contributed by atoms with Crippen LogP contribution in [0.25, 0.3) is 10.9 Å². The first-order chi connectivity index (χ1) is 16.7. The van der Waals surface area contributed by atoms with Crippen molar-refractivity contribution >= 4 is 34.2 Å². The number of hydrogen-bond donors (Lipinski definition) is 1.